The van der Waals surface area contributed by atoms with E-state index in [1.54, 1.807) is 6.20 Å². The molecule has 3 rings (SSSR count). The van der Waals surface area contributed by atoms with Crippen molar-refractivity contribution in [3.63, 3.8) is 0 Å². The van der Waals surface area contributed by atoms with Gasteiger partial charge in [-0.2, -0.15) is 14.9 Å². The summed E-state index contributed by atoms with van der Waals surface area (Å²) in [6, 6.07) is 9.12. The number of anilines is 1. The van der Waals surface area contributed by atoms with E-state index in [0.717, 1.165) is 11.3 Å². The van der Waals surface area contributed by atoms with E-state index >= 15 is 0 Å². The third-order valence-corrected chi connectivity index (χ3v) is 4.75. The first-order valence-corrected chi connectivity index (χ1v) is 9.22. The van der Waals surface area contributed by atoms with Gasteiger partial charge in [-0.25, -0.2) is 0 Å². The Morgan fingerprint density at radius 1 is 1.19 bits per heavy atom. The molecule has 142 valence electrons. The van der Waals surface area contributed by atoms with Gasteiger partial charge in [-0.15, -0.1) is 0 Å². The Morgan fingerprint density at radius 2 is 1.85 bits per heavy atom. The van der Waals surface area contributed by atoms with Gasteiger partial charge in [0.25, 0.3) is 5.56 Å². The lowest BCUT2D eigenvalue weighted by atomic mass is 10.1. The van der Waals surface area contributed by atoms with Crippen molar-refractivity contribution in [2.75, 3.05) is 5.32 Å². The highest BCUT2D eigenvalue weighted by atomic mass is 35.5. The first-order valence-electron chi connectivity index (χ1n) is 8.85. The molecule has 1 N–H and O–H groups in total. The van der Waals surface area contributed by atoms with Crippen LogP contribution in [0, 0.1) is 6.92 Å². The van der Waals surface area contributed by atoms with Crippen LogP contribution in [-0.4, -0.2) is 19.6 Å². The highest BCUT2D eigenvalue weighted by molar-refractivity contribution is 6.33. The number of rotatable bonds is 4. The Kier molecular flexibility index (Phi) is 5.11. The second-order valence-corrected chi connectivity index (χ2v) is 7.95. The molecule has 1 atom stereocenters. The number of hydrogen-bond acceptors (Lipinski definition) is 4. The Bertz CT molecular complexity index is 1000. The van der Waals surface area contributed by atoms with E-state index in [4.69, 9.17) is 11.6 Å². The predicted molar refractivity (Wildman–Crippen MR) is 109 cm³/mol. The van der Waals surface area contributed by atoms with Crippen LogP contribution in [0.1, 0.15) is 45.0 Å². The monoisotopic (exact) mass is 385 g/mol. The van der Waals surface area contributed by atoms with E-state index in [1.165, 1.54) is 4.68 Å². The lowest BCUT2D eigenvalue weighted by Crippen LogP contribution is -2.23. The van der Waals surface area contributed by atoms with Crippen LogP contribution in [0.3, 0.4) is 0 Å². The molecule has 2 heterocycles. The van der Waals surface area contributed by atoms with Crippen molar-refractivity contribution < 1.29 is 0 Å². The zero-order valence-electron chi connectivity index (χ0n) is 16.2. The van der Waals surface area contributed by atoms with Crippen LogP contribution < -0.4 is 10.9 Å². The maximum absolute atomic E-state index is 12.6. The molecule has 0 saturated carbocycles. The van der Waals surface area contributed by atoms with Crippen molar-refractivity contribution in [1.82, 2.24) is 19.6 Å². The third kappa shape index (κ3) is 3.90. The Balaban J connectivity index is 1.89. The fourth-order valence-electron chi connectivity index (χ4n) is 2.84. The average Bonchev–Trinajstić information content (AvgIpc) is 3.02. The number of benzene rings is 1. The van der Waals surface area contributed by atoms with Gasteiger partial charge in [0.05, 0.1) is 34.8 Å². The molecule has 0 aliphatic carbocycles. The fraction of sp³-hybridized carbons (Fsp3) is 0.350. The molecule has 1 aromatic carbocycles. The molecule has 27 heavy (non-hydrogen) atoms. The van der Waals surface area contributed by atoms with Gasteiger partial charge in [-0.05, 0) is 46.8 Å². The standard InChI is InChI=1S/C20H24ClN5O/c1-13(16-12-25(20(3,4)5)24-14(16)2)23-17-11-22-26(19(27)18(17)21)15-9-7-6-8-10-15/h6-13,23H,1-5H3. The minimum absolute atomic E-state index is 0.0765. The summed E-state index contributed by atoms with van der Waals surface area (Å²) >= 11 is 6.34. The lowest BCUT2D eigenvalue weighted by molar-refractivity contribution is 0.354. The summed E-state index contributed by atoms with van der Waals surface area (Å²) < 4.78 is 3.24. The zero-order valence-corrected chi connectivity index (χ0v) is 16.9. The van der Waals surface area contributed by atoms with E-state index in [2.05, 4.69) is 36.3 Å². The highest BCUT2D eigenvalue weighted by Crippen LogP contribution is 2.26. The highest BCUT2D eigenvalue weighted by Gasteiger charge is 2.20. The van der Waals surface area contributed by atoms with Gasteiger partial charge in [0.2, 0.25) is 0 Å². The maximum Gasteiger partial charge on any atom is 0.292 e. The molecule has 0 spiro atoms. The third-order valence-electron chi connectivity index (χ3n) is 4.38. The molecule has 7 heteroatoms. The summed E-state index contributed by atoms with van der Waals surface area (Å²) in [5, 5.41) is 12.3. The van der Waals surface area contributed by atoms with Crippen molar-refractivity contribution in [2.24, 2.45) is 0 Å². The molecule has 0 saturated heterocycles. The van der Waals surface area contributed by atoms with Gasteiger partial charge >= 0.3 is 0 Å². The molecular weight excluding hydrogens is 362 g/mol. The number of hydrogen-bond donors (Lipinski definition) is 1. The van der Waals surface area contributed by atoms with Crippen molar-refractivity contribution in [2.45, 2.75) is 46.2 Å². The van der Waals surface area contributed by atoms with Crippen LogP contribution in [0.2, 0.25) is 5.02 Å². The van der Waals surface area contributed by atoms with Crippen LogP contribution in [0.5, 0.6) is 0 Å². The molecule has 1 unspecified atom stereocenters. The van der Waals surface area contributed by atoms with Crippen molar-refractivity contribution >= 4 is 17.3 Å². The topological polar surface area (TPSA) is 64.7 Å². The van der Waals surface area contributed by atoms with Crippen LogP contribution in [0.4, 0.5) is 5.69 Å². The van der Waals surface area contributed by atoms with Crippen molar-refractivity contribution in [1.29, 1.82) is 0 Å². The molecule has 0 radical (unpaired) electrons. The van der Waals surface area contributed by atoms with E-state index in [1.807, 2.05) is 55.1 Å². The summed E-state index contributed by atoms with van der Waals surface area (Å²) in [6.07, 6.45) is 3.61. The quantitative estimate of drug-likeness (QED) is 0.726. The van der Waals surface area contributed by atoms with E-state index in [9.17, 15) is 4.79 Å². The summed E-state index contributed by atoms with van der Waals surface area (Å²) in [5.74, 6) is 0. The fourth-order valence-corrected chi connectivity index (χ4v) is 3.02. The number of aromatic nitrogens is 4. The SMILES string of the molecule is Cc1nn(C(C)(C)C)cc1C(C)Nc1cnn(-c2ccccc2)c(=O)c1Cl. The molecule has 0 bridgehead atoms. The molecule has 0 fully saturated rings. The predicted octanol–water partition coefficient (Wildman–Crippen LogP) is 4.32. The average molecular weight is 386 g/mol. The second-order valence-electron chi connectivity index (χ2n) is 7.58. The summed E-state index contributed by atoms with van der Waals surface area (Å²) in [5.41, 5.74) is 2.70. The van der Waals surface area contributed by atoms with Crippen LogP contribution in [0.15, 0.2) is 47.5 Å². The van der Waals surface area contributed by atoms with Gasteiger partial charge in [-0.1, -0.05) is 29.8 Å². The molecule has 3 aromatic rings. The first-order chi connectivity index (χ1) is 12.7. The molecule has 6 nitrogen and oxygen atoms in total. The van der Waals surface area contributed by atoms with Crippen molar-refractivity contribution in [3.05, 3.63) is 69.4 Å². The van der Waals surface area contributed by atoms with E-state index < -0.39 is 0 Å². The zero-order chi connectivity index (χ0) is 19.8. The first kappa shape index (κ1) is 19.2. The van der Waals surface area contributed by atoms with Gasteiger partial charge in [0.15, 0.2) is 0 Å². The van der Waals surface area contributed by atoms with E-state index in [-0.39, 0.29) is 22.2 Å². The number of halogens is 1. The minimum Gasteiger partial charge on any atom is -0.376 e. The Labute approximate surface area is 163 Å². The summed E-state index contributed by atoms with van der Waals surface area (Å²) in [4.78, 5) is 12.6. The molecule has 2 aromatic heterocycles. The van der Waals surface area contributed by atoms with Gasteiger partial charge < -0.3 is 5.32 Å². The van der Waals surface area contributed by atoms with Gasteiger partial charge in [0.1, 0.15) is 5.02 Å². The van der Waals surface area contributed by atoms with Crippen LogP contribution in [0.25, 0.3) is 5.69 Å². The normalized spacial score (nSPS) is 12.8. The molecular formula is C20H24ClN5O. The smallest absolute Gasteiger partial charge is 0.292 e. The van der Waals surface area contributed by atoms with Gasteiger partial charge in [0, 0.05) is 11.8 Å². The minimum atomic E-state index is -0.359. The second kappa shape index (κ2) is 7.19. The van der Waals surface area contributed by atoms with Gasteiger partial charge in [-0.3, -0.25) is 9.48 Å². The number of aryl methyl sites for hydroxylation is 1. The molecule has 0 aliphatic rings. The van der Waals surface area contributed by atoms with Crippen LogP contribution in [-0.2, 0) is 5.54 Å². The number of nitrogens with one attached hydrogen (secondary N) is 1. The van der Waals surface area contributed by atoms with E-state index in [0.29, 0.717) is 11.4 Å². The number of para-hydroxylation sites is 1. The summed E-state index contributed by atoms with van der Waals surface area (Å²) in [6.45, 7) is 10.3. The van der Waals surface area contributed by atoms with Crippen LogP contribution >= 0.6 is 11.6 Å². The van der Waals surface area contributed by atoms with Crippen molar-refractivity contribution in [3.8, 4) is 5.69 Å². The number of nitrogens with zero attached hydrogens (tertiary/aromatic N) is 4. The largest absolute Gasteiger partial charge is 0.376 e. The lowest BCUT2D eigenvalue weighted by Gasteiger charge is -2.19. The maximum atomic E-state index is 12.6. The Morgan fingerprint density at radius 3 is 2.44 bits per heavy atom. The molecule has 0 amide bonds. The summed E-state index contributed by atoms with van der Waals surface area (Å²) in [7, 11) is 0. The Hall–Kier alpha value is -2.60. The molecule has 0 aliphatic heterocycles.